The molecule has 2 rings (SSSR count). The Hall–Kier alpha value is -2.57. The minimum atomic E-state index is -0.525. The summed E-state index contributed by atoms with van der Waals surface area (Å²) in [6.07, 6.45) is 0.535. The monoisotopic (exact) mass is 261 g/mol. The Balaban J connectivity index is 2.05. The molecule has 1 amide bonds. The molecule has 0 bridgehead atoms. The number of aromatic nitrogens is 2. The Morgan fingerprint density at radius 1 is 1.47 bits per heavy atom. The third-order valence-electron chi connectivity index (χ3n) is 2.57. The van der Waals surface area contributed by atoms with Gasteiger partial charge in [-0.15, -0.1) is 0 Å². The molecule has 1 heterocycles. The molecule has 7 nitrogen and oxygen atoms in total. The van der Waals surface area contributed by atoms with Crippen molar-refractivity contribution in [3.8, 4) is 0 Å². The van der Waals surface area contributed by atoms with Crippen molar-refractivity contribution in [1.82, 2.24) is 10.1 Å². The third-order valence-corrected chi connectivity index (χ3v) is 2.57. The van der Waals surface area contributed by atoms with E-state index in [1.807, 2.05) is 0 Å². The van der Waals surface area contributed by atoms with Crippen molar-refractivity contribution in [1.29, 1.82) is 0 Å². The number of hydrogen-bond donors (Lipinski definition) is 3. The summed E-state index contributed by atoms with van der Waals surface area (Å²) >= 11 is 0. The van der Waals surface area contributed by atoms with Crippen molar-refractivity contribution in [3.63, 3.8) is 0 Å². The standard InChI is InChI=1S/C12H15N5O2/c1-7-16-10(19-17-7)5-6-15-11-8(12(14)18)3-2-4-9(11)13/h2-4,15H,5-6,13H2,1H3,(H2,14,18). The average Bonchev–Trinajstić information content (AvgIpc) is 2.77. The summed E-state index contributed by atoms with van der Waals surface area (Å²) in [5, 5.41) is 6.76. The number of primary amides is 1. The Morgan fingerprint density at radius 2 is 2.26 bits per heavy atom. The molecule has 2 aromatic rings. The van der Waals surface area contributed by atoms with Gasteiger partial charge in [0.15, 0.2) is 5.82 Å². The maximum atomic E-state index is 11.3. The second kappa shape index (κ2) is 5.38. The van der Waals surface area contributed by atoms with Crippen LogP contribution >= 0.6 is 0 Å². The molecule has 0 saturated carbocycles. The van der Waals surface area contributed by atoms with E-state index in [1.54, 1.807) is 25.1 Å². The normalized spacial score (nSPS) is 10.4. The molecule has 5 N–H and O–H groups in total. The highest BCUT2D eigenvalue weighted by molar-refractivity contribution is 6.01. The number of benzene rings is 1. The first-order chi connectivity index (χ1) is 9.08. The fraction of sp³-hybridized carbons (Fsp3) is 0.250. The summed E-state index contributed by atoms with van der Waals surface area (Å²) in [6, 6.07) is 5.01. The zero-order chi connectivity index (χ0) is 13.8. The molecule has 0 aliphatic heterocycles. The smallest absolute Gasteiger partial charge is 0.250 e. The number of aryl methyl sites for hydroxylation is 1. The van der Waals surface area contributed by atoms with Crippen LogP contribution in [0.2, 0.25) is 0 Å². The lowest BCUT2D eigenvalue weighted by Gasteiger charge is -2.11. The maximum Gasteiger partial charge on any atom is 0.250 e. The highest BCUT2D eigenvalue weighted by Crippen LogP contribution is 2.22. The predicted octanol–water partition coefficient (Wildman–Crippen LogP) is 0.714. The first-order valence-corrected chi connectivity index (χ1v) is 5.79. The summed E-state index contributed by atoms with van der Waals surface area (Å²) in [5.74, 6) is 0.593. The number of hydrogen-bond acceptors (Lipinski definition) is 6. The van der Waals surface area contributed by atoms with Gasteiger partial charge < -0.3 is 21.3 Å². The van der Waals surface area contributed by atoms with Crippen molar-refractivity contribution in [2.45, 2.75) is 13.3 Å². The van der Waals surface area contributed by atoms with Gasteiger partial charge in [0.05, 0.1) is 16.9 Å². The van der Waals surface area contributed by atoms with Gasteiger partial charge in [-0.2, -0.15) is 4.98 Å². The molecule has 0 spiro atoms. The van der Waals surface area contributed by atoms with E-state index in [9.17, 15) is 4.79 Å². The van der Waals surface area contributed by atoms with Gasteiger partial charge in [-0.1, -0.05) is 11.2 Å². The molecular formula is C12H15N5O2. The molecule has 0 aliphatic rings. The van der Waals surface area contributed by atoms with E-state index in [-0.39, 0.29) is 0 Å². The van der Waals surface area contributed by atoms with Crippen LogP contribution in [0.5, 0.6) is 0 Å². The van der Waals surface area contributed by atoms with Gasteiger partial charge in [0.25, 0.3) is 5.91 Å². The number of nitrogens with two attached hydrogens (primary N) is 2. The van der Waals surface area contributed by atoms with E-state index in [2.05, 4.69) is 15.5 Å². The summed E-state index contributed by atoms with van der Waals surface area (Å²) in [5.41, 5.74) is 12.5. The number of nitrogen functional groups attached to an aromatic ring is 1. The van der Waals surface area contributed by atoms with Crippen LogP contribution in [-0.4, -0.2) is 22.6 Å². The number of para-hydroxylation sites is 1. The van der Waals surface area contributed by atoms with Crippen molar-refractivity contribution >= 4 is 17.3 Å². The second-order valence-corrected chi connectivity index (χ2v) is 4.05. The molecule has 7 heteroatoms. The lowest BCUT2D eigenvalue weighted by molar-refractivity contribution is 0.100. The number of carbonyl (C=O) groups excluding carboxylic acids is 1. The molecule has 0 unspecified atom stereocenters. The van der Waals surface area contributed by atoms with Crippen LogP contribution in [0.4, 0.5) is 11.4 Å². The van der Waals surface area contributed by atoms with E-state index in [0.29, 0.717) is 41.6 Å². The van der Waals surface area contributed by atoms with Gasteiger partial charge in [0, 0.05) is 13.0 Å². The molecule has 19 heavy (non-hydrogen) atoms. The quantitative estimate of drug-likeness (QED) is 0.682. The fourth-order valence-electron chi connectivity index (χ4n) is 1.71. The van der Waals surface area contributed by atoms with Crippen LogP contribution in [0.3, 0.4) is 0 Å². The number of rotatable bonds is 5. The highest BCUT2D eigenvalue weighted by Gasteiger charge is 2.11. The van der Waals surface area contributed by atoms with Gasteiger partial charge in [-0.3, -0.25) is 4.79 Å². The predicted molar refractivity (Wildman–Crippen MR) is 70.6 cm³/mol. The zero-order valence-electron chi connectivity index (χ0n) is 10.5. The molecule has 0 radical (unpaired) electrons. The summed E-state index contributed by atoms with van der Waals surface area (Å²) in [7, 11) is 0. The first kappa shape index (κ1) is 12.9. The van der Waals surface area contributed by atoms with Gasteiger partial charge in [-0.05, 0) is 19.1 Å². The topological polar surface area (TPSA) is 120 Å². The van der Waals surface area contributed by atoms with E-state index < -0.39 is 5.91 Å². The maximum absolute atomic E-state index is 11.3. The van der Waals surface area contributed by atoms with E-state index in [4.69, 9.17) is 16.0 Å². The Labute approximate surface area is 110 Å². The number of anilines is 2. The van der Waals surface area contributed by atoms with Gasteiger partial charge >= 0.3 is 0 Å². The third kappa shape index (κ3) is 3.01. The molecular weight excluding hydrogens is 246 g/mol. The number of nitrogens with zero attached hydrogens (tertiary/aromatic N) is 2. The van der Waals surface area contributed by atoms with Crippen LogP contribution in [0.1, 0.15) is 22.1 Å². The van der Waals surface area contributed by atoms with Gasteiger partial charge in [0.1, 0.15) is 0 Å². The van der Waals surface area contributed by atoms with Crippen LogP contribution in [0.25, 0.3) is 0 Å². The number of amides is 1. The molecule has 1 aromatic carbocycles. The molecule has 100 valence electrons. The first-order valence-electron chi connectivity index (χ1n) is 5.79. The van der Waals surface area contributed by atoms with Crippen molar-refractivity contribution in [2.24, 2.45) is 5.73 Å². The number of nitrogens with one attached hydrogen (secondary N) is 1. The SMILES string of the molecule is Cc1noc(CCNc2c(N)cccc2C(N)=O)n1. The zero-order valence-corrected chi connectivity index (χ0v) is 10.5. The van der Waals surface area contributed by atoms with E-state index in [1.165, 1.54) is 0 Å². The molecule has 0 fully saturated rings. The van der Waals surface area contributed by atoms with Crippen molar-refractivity contribution in [3.05, 3.63) is 35.5 Å². The van der Waals surface area contributed by atoms with Gasteiger partial charge in [0.2, 0.25) is 5.89 Å². The molecule has 1 aromatic heterocycles. The Morgan fingerprint density at radius 3 is 2.89 bits per heavy atom. The number of carbonyl (C=O) groups is 1. The van der Waals surface area contributed by atoms with Crippen LogP contribution in [0.15, 0.2) is 22.7 Å². The Bertz CT molecular complexity index is 594. The fourth-order valence-corrected chi connectivity index (χ4v) is 1.71. The van der Waals surface area contributed by atoms with Gasteiger partial charge in [-0.25, -0.2) is 0 Å². The van der Waals surface area contributed by atoms with E-state index >= 15 is 0 Å². The van der Waals surface area contributed by atoms with Crippen LogP contribution < -0.4 is 16.8 Å². The minimum Gasteiger partial charge on any atom is -0.397 e. The lowest BCUT2D eigenvalue weighted by atomic mass is 10.1. The second-order valence-electron chi connectivity index (χ2n) is 4.05. The lowest BCUT2D eigenvalue weighted by Crippen LogP contribution is -2.16. The summed E-state index contributed by atoms with van der Waals surface area (Å²) in [4.78, 5) is 15.4. The van der Waals surface area contributed by atoms with Crippen molar-refractivity contribution < 1.29 is 9.32 Å². The largest absolute Gasteiger partial charge is 0.397 e. The van der Waals surface area contributed by atoms with Crippen LogP contribution in [0, 0.1) is 6.92 Å². The Kier molecular flexibility index (Phi) is 3.65. The molecule has 0 saturated heterocycles. The molecule has 0 aliphatic carbocycles. The minimum absolute atomic E-state index is 0.363. The van der Waals surface area contributed by atoms with Crippen LogP contribution in [-0.2, 0) is 6.42 Å². The summed E-state index contributed by atoms with van der Waals surface area (Å²) < 4.78 is 4.99. The van der Waals surface area contributed by atoms with Crippen molar-refractivity contribution in [2.75, 3.05) is 17.6 Å². The van der Waals surface area contributed by atoms with E-state index in [0.717, 1.165) is 0 Å². The summed E-state index contributed by atoms with van der Waals surface area (Å²) in [6.45, 7) is 2.26. The molecule has 0 atom stereocenters. The highest BCUT2D eigenvalue weighted by atomic mass is 16.5. The average molecular weight is 261 g/mol.